The number of unbranched alkanes of at least 4 members (excludes halogenated alkanes) is 1. The molecule has 1 heterocycles. The Balaban J connectivity index is 2.13. The van der Waals surface area contributed by atoms with Crippen molar-refractivity contribution in [2.75, 3.05) is 0 Å². The van der Waals surface area contributed by atoms with E-state index in [1.165, 1.54) is 5.56 Å². The van der Waals surface area contributed by atoms with Crippen LogP contribution in [0.15, 0.2) is 30.5 Å². The lowest BCUT2D eigenvalue weighted by Crippen LogP contribution is -2.00. The van der Waals surface area contributed by atoms with E-state index in [4.69, 9.17) is 0 Å². The molecule has 6 heteroatoms. The molecule has 0 atom stereocenters. The zero-order chi connectivity index (χ0) is 14.5. The Hall–Kier alpha value is -2.08. The van der Waals surface area contributed by atoms with Gasteiger partial charge in [-0.25, -0.2) is 4.98 Å². The number of nitro groups is 1. The molecule has 1 aromatic carbocycles. The molecule has 5 nitrogen and oxygen atoms in total. The molecule has 0 spiro atoms. The number of hydrogen-bond acceptors (Lipinski definition) is 5. The van der Waals surface area contributed by atoms with Gasteiger partial charge >= 0.3 is 5.00 Å². The van der Waals surface area contributed by atoms with E-state index in [-0.39, 0.29) is 15.8 Å². The molecule has 0 unspecified atom stereocenters. The number of nitrogens with zero attached hydrogens (tertiary/aromatic N) is 2. The van der Waals surface area contributed by atoms with Crippen LogP contribution in [0.1, 0.15) is 40.7 Å². The summed E-state index contributed by atoms with van der Waals surface area (Å²) in [5.74, 6) is -0.273. The maximum Gasteiger partial charge on any atom is 0.344 e. The highest BCUT2D eigenvalue weighted by atomic mass is 32.1. The largest absolute Gasteiger partial charge is 0.344 e. The van der Waals surface area contributed by atoms with E-state index in [0.717, 1.165) is 36.8 Å². The first-order valence-electron chi connectivity index (χ1n) is 6.35. The monoisotopic (exact) mass is 290 g/mol. The zero-order valence-corrected chi connectivity index (χ0v) is 11.9. The highest BCUT2D eigenvalue weighted by molar-refractivity contribution is 7.16. The number of aryl methyl sites for hydroxylation is 1. The van der Waals surface area contributed by atoms with Gasteiger partial charge in [0.2, 0.25) is 5.78 Å². The van der Waals surface area contributed by atoms with Crippen LogP contribution in [0.2, 0.25) is 0 Å². The Morgan fingerprint density at radius 2 is 2.05 bits per heavy atom. The van der Waals surface area contributed by atoms with E-state index in [0.29, 0.717) is 5.56 Å². The third-order valence-corrected chi connectivity index (χ3v) is 3.85. The van der Waals surface area contributed by atoms with Crippen LogP contribution in [0.3, 0.4) is 0 Å². The number of carbonyl (C=O) groups excluding carboxylic acids is 1. The van der Waals surface area contributed by atoms with E-state index in [9.17, 15) is 14.9 Å². The number of benzene rings is 1. The Labute approximate surface area is 120 Å². The second-order valence-electron chi connectivity index (χ2n) is 4.39. The number of carbonyl (C=O) groups is 1. The van der Waals surface area contributed by atoms with E-state index < -0.39 is 4.92 Å². The van der Waals surface area contributed by atoms with Crippen molar-refractivity contribution in [2.24, 2.45) is 0 Å². The van der Waals surface area contributed by atoms with E-state index >= 15 is 0 Å². The Bertz CT molecular complexity index is 620. The number of aromatic nitrogens is 1. The molecule has 1 aromatic heterocycles. The molecule has 104 valence electrons. The first-order valence-corrected chi connectivity index (χ1v) is 7.17. The first-order chi connectivity index (χ1) is 9.61. The summed E-state index contributed by atoms with van der Waals surface area (Å²) in [5.41, 5.74) is 1.70. The fourth-order valence-electron chi connectivity index (χ4n) is 1.78. The summed E-state index contributed by atoms with van der Waals surface area (Å²) in [7, 11) is 0. The molecule has 0 saturated heterocycles. The van der Waals surface area contributed by atoms with Crippen molar-refractivity contribution < 1.29 is 9.72 Å². The average Bonchev–Trinajstić information content (AvgIpc) is 2.95. The third-order valence-electron chi connectivity index (χ3n) is 2.90. The molecule has 0 radical (unpaired) electrons. The lowest BCUT2D eigenvalue weighted by Gasteiger charge is -2.01. The maximum absolute atomic E-state index is 12.1. The highest BCUT2D eigenvalue weighted by Crippen LogP contribution is 2.23. The summed E-state index contributed by atoms with van der Waals surface area (Å²) in [4.78, 5) is 26.0. The SMILES string of the molecule is CCCCc1ccc(C(=O)c2ncc([N+](=O)[O-])s2)cc1. The summed E-state index contributed by atoms with van der Waals surface area (Å²) in [5, 5.41) is 10.6. The van der Waals surface area contributed by atoms with Crippen LogP contribution in [0, 0.1) is 10.1 Å². The van der Waals surface area contributed by atoms with Crippen LogP contribution in [-0.4, -0.2) is 15.7 Å². The predicted molar refractivity (Wildman–Crippen MR) is 77.3 cm³/mol. The maximum atomic E-state index is 12.1. The summed E-state index contributed by atoms with van der Waals surface area (Å²) in [6, 6.07) is 7.34. The summed E-state index contributed by atoms with van der Waals surface area (Å²) in [6.07, 6.45) is 4.36. The second kappa shape index (κ2) is 6.38. The van der Waals surface area contributed by atoms with Gasteiger partial charge in [-0.15, -0.1) is 0 Å². The topological polar surface area (TPSA) is 73.1 Å². The van der Waals surface area contributed by atoms with E-state index in [1.807, 2.05) is 12.1 Å². The van der Waals surface area contributed by atoms with Gasteiger partial charge in [0.25, 0.3) is 0 Å². The smallest absolute Gasteiger partial charge is 0.286 e. The Kier molecular flexibility index (Phi) is 4.57. The van der Waals surface area contributed by atoms with Gasteiger partial charge in [-0.3, -0.25) is 14.9 Å². The quantitative estimate of drug-likeness (QED) is 0.462. The summed E-state index contributed by atoms with van der Waals surface area (Å²) < 4.78 is 0. The van der Waals surface area contributed by atoms with Gasteiger partial charge in [0.05, 0.1) is 4.92 Å². The number of thiazole rings is 1. The minimum absolute atomic E-state index is 0.118. The molecule has 0 aliphatic heterocycles. The minimum atomic E-state index is -0.539. The van der Waals surface area contributed by atoms with Crippen molar-refractivity contribution in [2.45, 2.75) is 26.2 Å². The van der Waals surface area contributed by atoms with Crippen molar-refractivity contribution in [3.05, 3.63) is 56.7 Å². The fraction of sp³-hybridized carbons (Fsp3) is 0.286. The highest BCUT2D eigenvalue weighted by Gasteiger charge is 2.18. The predicted octanol–water partition coefficient (Wildman–Crippen LogP) is 3.62. The number of hydrogen-bond donors (Lipinski definition) is 0. The molecule has 0 aliphatic rings. The van der Waals surface area contributed by atoms with Crippen LogP contribution < -0.4 is 0 Å². The lowest BCUT2D eigenvalue weighted by molar-refractivity contribution is -0.380. The lowest BCUT2D eigenvalue weighted by atomic mass is 10.0. The summed E-state index contributed by atoms with van der Waals surface area (Å²) in [6.45, 7) is 2.13. The molecule has 0 bridgehead atoms. The summed E-state index contributed by atoms with van der Waals surface area (Å²) >= 11 is 0.802. The van der Waals surface area contributed by atoms with Crippen molar-refractivity contribution in [3.63, 3.8) is 0 Å². The van der Waals surface area contributed by atoms with Crippen molar-refractivity contribution in [1.82, 2.24) is 4.98 Å². The number of ketones is 1. The Morgan fingerprint density at radius 1 is 1.35 bits per heavy atom. The zero-order valence-electron chi connectivity index (χ0n) is 11.0. The van der Waals surface area contributed by atoms with Crippen LogP contribution in [-0.2, 0) is 6.42 Å². The molecule has 2 rings (SSSR count). The van der Waals surface area contributed by atoms with Crippen LogP contribution in [0.4, 0.5) is 5.00 Å². The van der Waals surface area contributed by atoms with Gasteiger partial charge in [-0.2, -0.15) is 0 Å². The normalized spacial score (nSPS) is 10.4. The van der Waals surface area contributed by atoms with Gasteiger partial charge in [0.15, 0.2) is 5.01 Å². The van der Waals surface area contributed by atoms with Crippen molar-refractivity contribution in [1.29, 1.82) is 0 Å². The fourth-order valence-corrected chi connectivity index (χ4v) is 2.48. The van der Waals surface area contributed by atoms with Crippen molar-refractivity contribution in [3.8, 4) is 0 Å². The van der Waals surface area contributed by atoms with Crippen LogP contribution >= 0.6 is 11.3 Å². The molecule has 0 N–H and O–H groups in total. The molecule has 2 aromatic rings. The van der Waals surface area contributed by atoms with Crippen LogP contribution in [0.5, 0.6) is 0 Å². The first kappa shape index (κ1) is 14.3. The van der Waals surface area contributed by atoms with Gasteiger partial charge in [0, 0.05) is 5.56 Å². The molecule has 0 saturated carbocycles. The van der Waals surface area contributed by atoms with Crippen molar-refractivity contribution >= 4 is 22.1 Å². The Morgan fingerprint density at radius 3 is 2.60 bits per heavy atom. The van der Waals surface area contributed by atoms with Gasteiger partial charge in [-0.1, -0.05) is 37.6 Å². The molecule has 0 aliphatic carbocycles. The standard InChI is InChI=1S/C14H14N2O3S/c1-2-3-4-10-5-7-11(8-6-10)13(17)14-15-9-12(20-14)16(18)19/h5-9H,2-4H2,1H3. The van der Waals surface area contributed by atoms with Gasteiger partial charge in [0.1, 0.15) is 6.20 Å². The average molecular weight is 290 g/mol. The molecule has 0 fully saturated rings. The minimum Gasteiger partial charge on any atom is -0.286 e. The van der Waals surface area contributed by atoms with Gasteiger partial charge in [-0.05, 0) is 29.7 Å². The third kappa shape index (κ3) is 3.27. The molecule has 20 heavy (non-hydrogen) atoms. The van der Waals surface area contributed by atoms with Gasteiger partial charge < -0.3 is 0 Å². The van der Waals surface area contributed by atoms with E-state index in [1.54, 1.807) is 12.1 Å². The molecular formula is C14H14N2O3S. The van der Waals surface area contributed by atoms with E-state index in [2.05, 4.69) is 11.9 Å². The molecule has 0 amide bonds. The van der Waals surface area contributed by atoms with Crippen LogP contribution in [0.25, 0.3) is 0 Å². The number of rotatable bonds is 6. The molecular weight excluding hydrogens is 276 g/mol. The second-order valence-corrected chi connectivity index (χ2v) is 5.40.